The molecule has 0 atom stereocenters. The molecule has 2 aromatic rings. The van der Waals surface area contributed by atoms with Gasteiger partial charge in [0, 0.05) is 24.8 Å². The van der Waals surface area contributed by atoms with Crippen molar-refractivity contribution in [1.29, 1.82) is 5.41 Å². The molecule has 4 nitrogen and oxygen atoms in total. The van der Waals surface area contributed by atoms with Crippen molar-refractivity contribution < 1.29 is 0 Å². The van der Waals surface area contributed by atoms with E-state index in [0.717, 1.165) is 18.9 Å². The van der Waals surface area contributed by atoms with Gasteiger partial charge in [0.2, 0.25) is 0 Å². The highest BCUT2D eigenvalue weighted by Gasteiger charge is 2.07. The second-order valence-electron chi connectivity index (χ2n) is 4.32. The van der Waals surface area contributed by atoms with Crippen LogP contribution in [0.3, 0.4) is 0 Å². The van der Waals surface area contributed by atoms with Crippen molar-refractivity contribution in [2.75, 3.05) is 11.4 Å². The number of nitrogen functional groups attached to an aromatic ring is 1. The number of amidine groups is 1. The Morgan fingerprint density at radius 1 is 1.21 bits per heavy atom. The van der Waals surface area contributed by atoms with Gasteiger partial charge in [-0.15, -0.1) is 0 Å². The van der Waals surface area contributed by atoms with Gasteiger partial charge in [-0.25, -0.2) is 4.98 Å². The molecule has 98 valence electrons. The first kappa shape index (κ1) is 13.1. The molecule has 0 fully saturated rings. The lowest BCUT2D eigenvalue weighted by molar-refractivity contribution is 0.813. The largest absolute Gasteiger partial charge is 0.384 e. The van der Waals surface area contributed by atoms with Crippen LogP contribution in [-0.2, 0) is 6.54 Å². The van der Waals surface area contributed by atoms with E-state index >= 15 is 0 Å². The third-order valence-electron chi connectivity index (χ3n) is 2.98. The Morgan fingerprint density at radius 3 is 2.47 bits per heavy atom. The first-order chi connectivity index (χ1) is 9.20. The standard InChI is InChI=1S/C15H18N4/c1-2-19(11-12-6-4-3-5-7-12)14-9-8-13(10-18-14)15(16)17/h3-10H,2,11H2,1H3,(H3,16,17). The van der Waals surface area contributed by atoms with Crippen LogP contribution < -0.4 is 10.6 Å². The summed E-state index contributed by atoms with van der Waals surface area (Å²) in [5, 5.41) is 7.36. The Kier molecular flexibility index (Phi) is 4.13. The van der Waals surface area contributed by atoms with Crippen molar-refractivity contribution in [2.45, 2.75) is 13.5 Å². The lowest BCUT2D eigenvalue weighted by atomic mass is 10.2. The Hall–Kier alpha value is -2.36. The Labute approximate surface area is 113 Å². The average molecular weight is 254 g/mol. The normalized spacial score (nSPS) is 10.2. The summed E-state index contributed by atoms with van der Waals surface area (Å²) < 4.78 is 0. The van der Waals surface area contributed by atoms with E-state index in [-0.39, 0.29) is 5.84 Å². The molecule has 0 spiro atoms. The van der Waals surface area contributed by atoms with Crippen LogP contribution in [0.5, 0.6) is 0 Å². The molecule has 19 heavy (non-hydrogen) atoms. The van der Waals surface area contributed by atoms with Crippen LogP contribution in [0.25, 0.3) is 0 Å². The third kappa shape index (κ3) is 3.31. The maximum atomic E-state index is 7.36. The minimum absolute atomic E-state index is 0.0464. The van der Waals surface area contributed by atoms with Gasteiger partial charge in [0.15, 0.2) is 0 Å². The van der Waals surface area contributed by atoms with Gasteiger partial charge in [-0.2, -0.15) is 0 Å². The molecule has 0 aliphatic rings. The quantitative estimate of drug-likeness (QED) is 0.636. The maximum absolute atomic E-state index is 7.36. The second kappa shape index (κ2) is 6.00. The molecule has 0 unspecified atom stereocenters. The number of hydrogen-bond acceptors (Lipinski definition) is 3. The van der Waals surface area contributed by atoms with E-state index in [1.54, 1.807) is 6.20 Å². The summed E-state index contributed by atoms with van der Waals surface area (Å²) in [7, 11) is 0. The van der Waals surface area contributed by atoms with Crippen LogP contribution in [0.15, 0.2) is 48.7 Å². The van der Waals surface area contributed by atoms with Crippen LogP contribution >= 0.6 is 0 Å². The summed E-state index contributed by atoms with van der Waals surface area (Å²) in [4.78, 5) is 6.55. The van der Waals surface area contributed by atoms with Crippen LogP contribution in [0.1, 0.15) is 18.1 Å². The smallest absolute Gasteiger partial charge is 0.128 e. The van der Waals surface area contributed by atoms with Crippen molar-refractivity contribution in [2.24, 2.45) is 5.73 Å². The molecule has 0 saturated heterocycles. The van der Waals surface area contributed by atoms with Crippen molar-refractivity contribution in [3.8, 4) is 0 Å². The number of nitrogens with zero attached hydrogens (tertiary/aromatic N) is 2. The van der Waals surface area contributed by atoms with Gasteiger partial charge < -0.3 is 10.6 Å². The van der Waals surface area contributed by atoms with Gasteiger partial charge in [0.05, 0.1) is 0 Å². The van der Waals surface area contributed by atoms with Crippen LogP contribution in [0.2, 0.25) is 0 Å². The van der Waals surface area contributed by atoms with Gasteiger partial charge in [-0.05, 0) is 24.6 Å². The van der Waals surface area contributed by atoms with Gasteiger partial charge in [-0.1, -0.05) is 30.3 Å². The topological polar surface area (TPSA) is 66.0 Å². The van der Waals surface area contributed by atoms with Crippen molar-refractivity contribution in [3.05, 3.63) is 59.8 Å². The molecule has 0 radical (unpaired) electrons. The van der Waals surface area contributed by atoms with E-state index in [1.807, 2.05) is 30.3 Å². The molecule has 0 bridgehead atoms. The number of nitrogens with one attached hydrogen (secondary N) is 1. The molecule has 1 aromatic carbocycles. The average Bonchev–Trinajstić information content (AvgIpc) is 2.46. The summed E-state index contributed by atoms with van der Waals surface area (Å²) in [5.74, 6) is 0.946. The lowest BCUT2D eigenvalue weighted by Gasteiger charge is -2.22. The number of anilines is 1. The Morgan fingerprint density at radius 2 is 1.95 bits per heavy atom. The molecule has 4 heteroatoms. The van der Waals surface area contributed by atoms with Gasteiger partial charge >= 0.3 is 0 Å². The van der Waals surface area contributed by atoms with Crippen LogP contribution in [-0.4, -0.2) is 17.4 Å². The number of pyridine rings is 1. The first-order valence-corrected chi connectivity index (χ1v) is 6.30. The fourth-order valence-corrected chi connectivity index (χ4v) is 1.89. The van der Waals surface area contributed by atoms with E-state index in [0.29, 0.717) is 5.56 Å². The van der Waals surface area contributed by atoms with Crippen LogP contribution in [0.4, 0.5) is 5.82 Å². The molecule has 0 aliphatic heterocycles. The van der Waals surface area contributed by atoms with E-state index in [4.69, 9.17) is 11.1 Å². The molecule has 1 heterocycles. The van der Waals surface area contributed by atoms with E-state index in [9.17, 15) is 0 Å². The van der Waals surface area contributed by atoms with Crippen LogP contribution in [0, 0.1) is 5.41 Å². The highest BCUT2D eigenvalue weighted by atomic mass is 15.2. The lowest BCUT2D eigenvalue weighted by Crippen LogP contribution is -2.23. The Balaban J connectivity index is 2.15. The fourth-order valence-electron chi connectivity index (χ4n) is 1.89. The molecular formula is C15H18N4. The Bertz CT molecular complexity index is 534. The molecule has 0 amide bonds. The molecule has 3 N–H and O–H groups in total. The van der Waals surface area contributed by atoms with E-state index < -0.39 is 0 Å². The molecule has 0 saturated carbocycles. The number of hydrogen-bond donors (Lipinski definition) is 2. The zero-order chi connectivity index (χ0) is 13.7. The predicted octanol–water partition coefficient (Wildman–Crippen LogP) is 2.39. The number of rotatable bonds is 5. The predicted molar refractivity (Wildman–Crippen MR) is 78.4 cm³/mol. The minimum atomic E-state index is 0.0464. The summed E-state index contributed by atoms with van der Waals surface area (Å²) >= 11 is 0. The number of benzene rings is 1. The number of aromatic nitrogens is 1. The first-order valence-electron chi connectivity index (χ1n) is 6.30. The van der Waals surface area contributed by atoms with E-state index in [2.05, 4.69) is 28.9 Å². The van der Waals surface area contributed by atoms with Crippen molar-refractivity contribution in [1.82, 2.24) is 4.98 Å². The summed E-state index contributed by atoms with van der Waals surface area (Å²) in [6, 6.07) is 14.0. The zero-order valence-corrected chi connectivity index (χ0v) is 11.0. The van der Waals surface area contributed by atoms with Gasteiger partial charge in [-0.3, -0.25) is 5.41 Å². The highest BCUT2D eigenvalue weighted by molar-refractivity contribution is 5.94. The van der Waals surface area contributed by atoms with E-state index in [1.165, 1.54) is 5.56 Å². The second-order valence-corrected chi connectivity index (χ2v) is 4.32. The van der Waals surface area contributed by atoms with Gasteiger partial charge in [0.1, 0.15) is 11.7 Å². The molecule has 2 rings (SSSR count). The monoisotopic (exact) mass is 254 g/mol. The van der Waals surface area contributed by atoms with Crippen molar-refractivity contribution in [3.63, 3.8) is 0 Å². The summed E-state index contributed by atoms with van der Waals surface area (Å²) in [6.07, 6.45) is 1.64. The molecule has 0 aliphatic carbocycles. The summed E-state index contributed by atoms with van der Waals surface area (Å²) in [5.41, 5.74) is 7.33. The molecular weight excluding hydrogens is 236 g/mol. The zero-order valence-electron chi connectivity index (χ0n) is 11.0. The minimum Gasteiger partial charge on any atom is -0.384 e. The fraction of sp³-hybridized carbons (Fsp3) is 0.200. The van der Waals surface area contributed by atoms with Gasteiger partial charge in [0.25, 0.3) is 0 Å². The third-order valence-corrected chi connectivity index (χ3v) is 2.98. The summed E-state index contributed by atoms with van der Waals surface area (Å²) in [6.45, 7) is 3.80. The highest BCUT2D eigenvalue weighted by Crippen LogP contribution is 2.14. The van der Waals surface area contributed by atoms with Crippen molar-refractivity contribution >= 4 is 11.7 Å². The molecule has 1 aromatic heterocycles. The SMILES string of the molecule is CCN(Cc1ccccc1)c1ccc(C(=N)N)cn1. The number of nitrogens with two attached hydrogens (primary N) is 1. The maximum Gasteiger partial charge on any atom is 0.128 e.